The number of anilines is 1. The Bertz CT molecular complexity index is 449. The van der Waals surface area contributed by atoms with Crippen LogP contribution in [0.3, 0.4) is 0 Å². The number of hydrogen-bond acceptors (Lipinski definition) is 4. The van der Waals surface area contributed by atoms with Crippen molar-refractivity contribution >= 4 is 5.95 Å². The highest BCUT2D eigenvalue weighted by molar-refractivity contribution is 5.29. The van der Waals surface area contributed by atoms with Crippen LogP contribution in [0.1, 0.15) is 37.9 Å². The van der Waals surface area contributed by atoms with E-state index >= 15 is 0 Å². The normalized spacial score (nSPS) is 33.6. The Morgan fingerprint density at radius 3 is 3.00 bits per heavy atom. The molecule has 2 N–H and O–H groups in total. The molecule has 1 aliphatic heterocycles. The van der Waals surface area contributed by atoms with Gasteiger partial charge in [0.15, 0.2) is 0 Å². The summed E-state index contributed by atoms with van der Waals surface area (Å²) in [7, 11) is 0. The molecule has 0 amide bonds. The molecule has 3 fully saturated rings. The van der Waals surface area contributed by atoms with Crippen LogP contribution in [-0.2, 0) is 6.42 Å². The van der Waals surface area contributed by atoms with E-state index in [4.69, 9.17) is 4.98 Å². The number of nitrogens with zero attached hydrogens (tertiary/aromatic N) is 3. The number of H-pyrrole nitrogens is 1. The molecule has 2 bridgehead atoms. The van der Waals surface area contributed by atoms with Gasteiger partial charge in [0.2, 0.25) is 5.95 Å². The molecule has 1 aromatic heterocycles. The van der Waals surface area contributed by atoms with Crippen LogP contribution in [-0.4, -0.2) is 41.4 Å². The quantitative estimate of drug-likeness (QED) is 0.879. The maximum atomic E-state index is 4.75. The second kappa shape index (κ2) is 5.35. The van der Waals surface area contributed by atoms with Gasteiger partial charge in [-0.3, -0.25) is 5.10 Å². The highest BCUT2D eigenvalue weighted by Gasteiger charge is 2.39. The summed E-state index contributed by atoms with van der Waals surface area (Å²) in [5.41, 5.74) is 0. The van der Waals surface area contributed by atoms with E-state index < -0.39 is 0 Å². The summed E-state index contributed by atoms with van der Waals surface area (Å²) >= 11 is 0. The lowest BCUT2D eigenvalue weighted by Gasteiger charge is -2.20. The molecule has 1 saturated heterocycles. The highest BCUT2D eigenvalue weighted by Crippen LogP contribution is 2.49. The maximum Gasteiger partial charge on any atom is 0.244 e. The smallest absolute Gasteiger partial charge is 0.244 e. The molecule has 3 unspecified atom stereocenters. The van der Waals surface area contributed by atoms with Gasteiger partial charge in [-0.05, 0) is 50.0 Å². The van der Waals surface area contributed by atoms with Crippen molar-refractivity contribution in [3.63, 3.8) is 0 Å². The fraction of sp³-hybridized carbons (Fsp3) is 0.867. The van der Waals surface area contributed by atoms with E-state index in [1.807, 2.05) is 0 Å². The van der Waals surface area contributed by atoms with Gasteiger partial charge < -0.3 is 10.2 Å². The zero-order chi connectivity index (χ0) is 13.4. The third kappa shape index (κ3) is 2.43. The molecule has 5 heteroatoms. The zero-order valence-electron chi connectivity index (χ0n) is 12.1. The lowest BCUT2D eigenvalue weighted by Crippen LogP contribution is -2.28. The maximum absolute atomic E-state index is 4.75. The Morgan fingerprint density at radius 2 is 2.15 bits per heavy atom. The number of aromatic nitrogens is 3. The Hall–Kier alpha value is -1.10. The second-order valence-electron chi connectivity index (χ2n) is 6.81. The van der Waals surface area contributed by atoms with Gasteiger partial charge >= 0.3 is 0 Å². The molecule has 1 aromatic rings. The largest absolute Gasteiger partial charge is 0.338 e. The van der Waals surface area contributed by atoms with E-state index in [1.54, 1.807) is 0 Å². The first-order chi connectivity index (χ1) is 9.88. The van der Waals surface area contributed by atoms with Gasteiger partial charge in [0, 0.05) is 26.1 Å². The summed E-state index contributed by atoms with van der Waals surface area (Å²) in [6.07, 6.45) is 8.12. The van der Waals surface area contributed by atoms with Crippen molar-refractivity contribution in [3.05, 3.63) is 5.82 Å². The summed E-state index contributed by atoms with van der Waals surface area (Å²) < 4.78 is 0. The van der Waals surface area contributed by atoms with Crippen LogP contribution in [0.2, 0.25) is 0 Å². The van der Waals surface area contributed by atoms with E-state index in [0.29, 0.717) is 0 Å². The first-order valence-electron chi connectivity index (χ1n) is 8.25. The van der Waals surface area contributed by atoms with Gasteiger partial charge in [-0.25, -0.2) is 0 Å². The molecule has 3 aliphatic rings. The number of rotatable bonds is 3. The van der Waals surface area contributed by atoms with Crippen molar-refractivity contribution in [2.45, 2.75) is 38.5 Å². The van der Waals surface area contributed by atoms with Crippen molar-refractivity contribution in [1.82, 2.24) is 20.5 Å². The van der Waals surface area contributed by atoms with Crippen molar-refractivity contribution in [2.75, 3.05) is 31.1 Å². The molecule has 0 aromatic carbocycles. The number of aromatic amines is 1. The Balaban J connectivity index is 1.40. The minimum Gasteiger partial charge on any atom is -0.338 e. The molecule has 3 atom stereocenters. The Labute approximate surface area is 120 Å². The van der Waals surface area contributed by atoms with Gasteiger partial charge in [0.25, 0.3) is 0 Å². The molecule has 5 nitrogen and oxygen atoms in total. The van der Waals surface area contributed by atoms with Crippen LogP contribution in [0, 0.1) is 17.8 Å². The molecule has 4 rings (SSSR count). The molecule has 2 aliphatic carbocycles. The number of fused-ring (bicyclic) bond motifs is 2. The summed E-state index contributed by atoms with van der Waals surface area (Å²) in [6.45, 7) is 4.24. The van der Waals surface area contributed by atoms with Crippen LogP contribution < -0.4 is 10.2 Å². The van der Waals surface area contributed by atoms with Crippen molar-refractivity contribution < 1.29 is 0 Å². The molecule has 0 spiro atoms. The van der Waals surface area contributed by atoms with Gasteiger partial charge in [0.1, 0.15) is 5.82 Å². The van der Waals surface area contributed by atoms with Crippen LogP contribution in [0.25, 0.3) is 0 Å². The lowest BCUT2D eigenvalue weighted by molar-refractivity contribution is 0.327. The highest BCUT2D eigenvalue weighted by atomic mass is 15.4. The topological polar surface area (TPSA) is 56.8 Å². The SMILES string of the molecule is C1CNCCN(c2n[nH]c(CC3CC4CCC3C4)n2)C1. The van der Waals surface area contributed by atoms with E-state index in [0.717, 1.165) is 62.1 Å². The average Bonchev–Trinajstić information content (AvgIpc) is 3.13. The van der Waals surface area contributed by atoms with Gasteiger partial charge in [0.05, 0.1) is 0 Å². The first kappa shape index (κ1) is 12.6. The van der Waals surface area contributed by atoms with Crippen molar-refractivity contribution in [1.29, 1.82) is 0 Å². The van der Waals surface area contributed by atoms with E-state index in [1.165, 1.54) is 32.1 Å². The lowest BCUT2D eigenvalue weighted by atomic mass is 9.86. The molecule has 2 heterocycles. The van der Waals surface area contributed by atoms with Crippen LogP contribution in [0.15, 0.2) is 0 Å². The average molecular weight is 275 g/mol. The minimum absolute atomic E-state index is 0.861. The van der Waals surface area contributed by atoms with E-state index in [9.17, 15) is 0 Å². The van der Waals surface area contributed by atoms with Crippen LogP contribution >= 0.6 is 0 Å². The molecule has 110 valence electrons. The summed E-state index contributed by atoms with van der Waals surface area (Å²) in [6, 6.07) is 0. The predicted molar refractivity (Wildman–Crippen MR) is 78.7 cm³/mol. The zero-order valence-corrected chi connectivity index (χ0v) is 12.1. The first-order valence-corrected chi connectivity index (χ1v) is 8.25. The van der Waals surface area contributed by atoms with E-state index in [2.05, 4.69) is 20.4 Å². The third-order valence-electron chi connectivity index (χ3n) is 5.48. The Kier molecular flexibility index (Phi) is 3.38. The second-order valence-corrected chi connectivity index (χ2v) is 6.81. The third-order valence-corrected chi connectivity index (χ3v) is 5.48. The number of nitrogens with one attached hydrogen (secondary N) is 2. The van der Waals surface area contributed by atoms with Gasteiger partial charge in [-0.15, -0.1) is 5.10 Å². The summed E-state index contributed by atoms with van der Waals surface area (Å²) in [5, 5.41) is 11.1. The molecular formula is C15H25N5. The standard InChI is InChI=1S/C15H25N5/c1-4-16-5-7-20(6-1)15-17-14(18-19-15)10-13-9-11-2-3-12(13)8-11/h11-13,16H,1-10H2,(H,17,18,19). The van der Waals surface area contributed by atoms with Crippen molar-refractivity contribution in [2.24, 2.45) is 17.8 Å². The summed E-state index contributed by atoms with van der Waals surface area (Å²) in [5.74, 6) is 4.86. The predicted octanol–water partition coefficient (Wildman–Crippen LogP) is 1.58. The van der Waals surface area contributed by atoms with Crippen LogP contribution in [0.5, 0.6) is 0 Å². The van der Waals surface area contributed by atoms with Gasteiger partial charge in [-0.1, -0.05) is 6.42 Å². The molecule has 20 heavy (non-hydrogen) atoms. The van der Waals surface area contributed by atoms with E-state index in [-0.39, 0.29) is 0 Å². The fourth-order valence-corrected chi connectivity index (χ4v) is 4.44. The van der Waals surface area contributed by atoms with Crippen molar-refractivity contribution in [3.8, 4) is 0 Å². The molecule has 0 radical (unpaired) electrons. The number of hydrogen-bond donors (Lipinski definition) is 2. The fourth-order valence-electron chi connectivity index (χ4n) is 4.44. The molecule has 2 saturated carbocycles. The summed E-state index contributed by atoms with van der Waals surface area (Å²) in [4.78, 5) is 7.06. The molecular weight excluding hydrogens is 250 g/mol. The van der Waals surface area contributed by atoms with Crippen LogP contribution in [0.4, 0.5) is 5.95 Å². The van der Waals surface area contributed by atoms with Gasteiger partial charge in [-0.2, -0.15) is 4.98 Å². The monoisotopic (exact) mass is 275 g/mol. The minimum atomic E-state index is 0.861. The Morgan fingerprint density at radius 1 is 1.15 bits per heavy atom.